The summed E-state index contributed by atoms with van der Waals surface area (Å²) in [5, 5.41) is 6.90. The minimum Gasteiger partial charge on any atom is -0.338 e. The number of nitrogens with zero attached hydrogens (tertiary/aromatic N) is 3. The fourth-order valence-electron chi connectivity index (χ4n) is 2.52. The first-order valence-corrected chi connectivity index (χ1v) is 8.63. The van der Waals surface area contributed by atoms with Crippen LogP contribution in [0.4, 0.5) is 4.79 Å². The summed E-state index contributed by atoms with van der Waals surface area (Å²) in [6.07, 6.45) is 1.35. The van der Waals surface area contributed by atoms with Gasteiger partial charge in [0.25, 0.3) is 5.89 Å². The van der Waals surface area contributed by atoms with Gasteiger partial charge in [0.15, 0.2) is 5.82 Å². The van der Waals surface area contributed by atoms with Crippen LogP contribution in [-0.2, 0) is 12.8 Å². The second-order valence-corrected chi connectivity index (χ2v) is 6.02. The van der Waals surface area contributed by atoms with E-state index in [4.69, 9.17) is 4.52 Å². The number of nitrogens with one attached hydrogen (secondary N) is 1. The minimum absolute atomic E-state index is 0.104. The third-order valence-corrected chi connectivity index (χ3v) is 4.04. The third-order valence-electron chi connectivity index (χ3n) is 4.04. The van der Waals surface area contributed by atoms with Crippen LogP contribution in [0.15, 0.2) is 65.2 Å². The van der Waals surface area contributed by atoms with Crippen molar-refractivity contribution in [2.45, 2.75) is 12.8 Å². The van der Waals surface area contributed by atoms with Gasteiger partial charge < -0.3 is 14.7 Å². The number of carbonyl (C=O) groups excluding carboxylic acids is 1. The Morgan fingerprint density at radius 2 is 1.73 bits per heavy atom. The highest BCUT2D eigenvalue weighted by Gasteiger charge is 2.12. The molecule has 2 amide bonds. The normalized spacial score (nSPS) is 10.5. The fraction of sp³-hybridized carbons (Fsp3) is 0.250. The summed E-state index contributed by atoms with van der Waals surface area (Å²) in [7, 11) is 1.76. The van der Waals surface area contributed by atoms with Crippen molar-refractivity contribution < 1.29 is 9.32 Å². The second kappa shape index (κ2) is 8.80. The Bertz CT molecular complexity index is 818. The molecular formula is C20H22N4O2. The predicted octanol–water partition coefficient (Wildman–Crippen LogP) is 3.16. The van der Waals surface area contributed by atoms with Crippen molar-refractivity contribution in [2.24, 2.45) is 0 Å². The van der Waals surface area contributed by atoms with Crippen molar-refractivity contribution >= 4 is 6.03 Å². The van der Waals surface area contributed by atoms with Crippen molar-refractivity contribution in [2.75, 3.05) is 20.1 Å². The van der Waals surface area contributed by atoms with Crippen LogP contribution >= 0.6 is 0 Å². The predicted molar refractivity (Wildman–Crippen MR) is 99.6 cm³/mol. The molecule has 3 rings (SSSR count). The highest BCUT2D eigenvalue weighted by Crippen LogP contribution is 2.16. The van der Waals surface area contributed by atoms with Gasteiger partial charge in [-0.05, 0) is 24.1 Å². The molecule has 0 radical (unpaired) electrons. The topological polar surface area (TPSA) is 71.3 Å². The number of urea groups is 1. The molecule has 0 spiro atoms. The van der Waals surface area contributed by atoms with Crippen LogP contribution < -0.4 is 5.32 Å². The zero-order valence-corrected chi connectivity index (χ0v) is 14.8. The number of carbonyl (C=O) groups is 1. The van der Waals surface area contributed by atoms with Crippen LogP contribution in [0.5, 0.6) is 0 Å². The van der Waals surface area contributed by atoms with Gasteiger partial charge in [-0.25, -0.2) is 4.79 Å². The number of amides is 2. The molecule has 0 fully saturated rings. The summed E-state index contributed by atoms with van der Waals surface area (Å²) in [4.78, 5) is 18.1. The molecule has 0 unspecified atom stereocenters. The van der Waals surface area contributed by atoms with E-state index in [1.807, 2.05) is 48.5 Å². The molecule has 3 aromatic rings. The molecule has 2 aromatic carbocycles. The lowest BCUT2D eigenvalue weighted by molar-refractivity contribution is 0.209. The van der Waals surface area contributed by atoms with Crippen molar-refractivity contribution in [3.8, 4) is 11.5 Å². The zero-order valence-electron chi connectivity index (χ0n) is 14.8. The first-order chi connectivity index (χ1) is 12.7. The van der Waals surface area contributed by atoms with E-state index in [-0.39, 0.29) is 6.03 Å². The maximum absolute atomic E-state index is 12.1. The van der Waals surface area contributed by atoms with Crippen molar-refractivity contribution in [3.05, 3.63) is 72.1 Å². The van der Waals surface area contributed by atoms with Gasteiger partial charge in [-0.15, -0.1) is 0 Å². The average Bonchev–Trinajstić information content (AvgIpc) is 3.16. The van der Waals surface area contributed by atoms with Crippen LogP contribution in [0.2, 0.25) is 0 Å². The molecule has 6 nitrogen and oxygen atoms in total. The summed E-state index contributed by atoms with van der Waals surface area (Å²) in [5.41, 5.74) is 2.09. The fourth-order valence-corrected chi connectivity index (χ4v) is 2.52. The largest absolute Gasteiger partial charge is 0.338 e. The van der Waals surface area contributed by atoms with Gasteiger partial charge in [0.2, 0.25) is 0 Å². The van der Waals surface area contributed by atoms with E-state index in [0.717, 1.165) is 12.0 Å². The average molecular weight is 350 g/mol. The zero-order chi connectivity index (χ0) is 18.2. The second-order valence-electron chi connectivity index (χ2n) is 6.02. The molecule has 0 saturated heterocycles. The lowest BCUT2D eigenvalue weighted by Gasteiger charge is -2.17. The van der Waals surface area contributed by atoms with Gasteiger partial charge >= 0.3 is 6.03 Å². The van der Waals surface area contributed by atoms with Crippen molar-refractivity contribution in [1.29, 1.82) is 0 Å². The summed E-state index contributed by atoms with van der Waals surface area (Å²) in [6.45, 7) is 1.12. The molecule has 0 bridgehead atoms. The molecule has 134 valence electrons. The van der Waals surface area contributed by atoms with Crippen LogP contribution in [0, 0.1) is 0 Å². The summed E-state index contributed by atoms with van der Waals surface area (Å²) >= 11 is 0. The Hall–Kier alpha value is -3.15. The Labute approximate surface area is 152 Å². The van der Waals surface area contributed by atoms with Gasteiger partial charge in [-0.3, -0.25) is 0 Å². The van der Waals surface area contributed by atoms with Gasteiger partial charge in [0.05, 0.1) is 0 Å². The molecule has 0 aliphatic carbocycles. The van der Waals surface area contributed by atoms with Gasteiger partial charge in [0.1, 0.15) is 0 Å². The van der Waals surface area contributed by atoms with E-state index in [1.165, 1.54) is 5.56 Å². The van der Waals surface area contributed by atoms with Crippen LogP contribution in [0.3, 0.4) is 0 Å². The molecule has 1 N–H and O–H groups in total. The Morgan fingerprint density at radius 1 is 1.04 bits per heavy atom. The van der Waals surface area contributed by atoms with Crippen molar-refractivity contribution in [1.82, 2.24) is 20.4 Å². The van der Waals surface area contributed by atoms with E-state index < -0.39 is 0 Å². The van der Waals surface area contributed by atoms with Gasteiger partial charge in [-0.1, -0.05) is 53.7 Å². The quantitative estimate of drug-likeness (QED) is 0.710. The molecule has 0 saturated carbocycles. The van der Waals surface area contributed by atoms with E-state index in [1.54, 1.807) is 11.9 Å². The van der Waals surface area contributed by atoms with E-state index in [2.05, 4.69) is 27.6 Å². The first-order valence-electron chi connectivity index (χ1n) is 8.63. The van der Waals surface area contributed by atoms with Crippen LogP contribution in [-0.4, -0.2) is 41.2 Å². The number of benzene rings is 2. The molecular weight excluding hydrogens is 328 g/mol. The number of hydrogen-bond donors (Lipinski definition) is 1. The third kappa shape index (κ3) is 4.92. The number of hydrogen-bond acceptors (Lipinski definition) is 4. The SMILES string of the molecule is CN(CCc1noc(-c2ccccc2)n1)C(=O)NCCc1ccccc1. The monoisotopic (exact) mass is 350 g/mol. The van der Waals surface area contributed by atoms with Gasteiger partial charge in [0, 0.05) is 32.1 Å². The van der Waals surface area contributed by atoms with Crippen molar-refractivity contribution in [3.63, 3.8) is 0 Å². The van der Waals surface area contributed by atoms with Crippen LogP contribution in [0.1, 0.15) is 11.4 Å². The number of rotatable bonds is 7. The number of likely N-dealkylation sites (N-methyl/N-ethyl adjacent to an activating group) is 1. The van der Waals surface area contributed by atoms with Crippen LogP contribution in [0.25, 0.3) is 11.5 Å². The summed E-state index contributed by atoms with van der Waals surface area (Å²) < 4.78 is 5.28. The summed E-state index contributed by atoms with van der Waals surface area (Å²) in [5.74, 6) is 1.09. The summed E-state index contributed by atoms with van der Waals surface area (Å²) in [6, 6.07) is 19.6. The molecule has 26 heavy (non-hydrogen) atoms. The molecule has 1 heterocycles. The standard InChI is InChI=1S/C20H22N4O2/c1-24(20(25)21-14-12-16-8-4-2-5-9-16)15-13-18-22-19(26-23-18)17-10-6-3-7-11-17/h2-11H,12-15H2,1H3,(H,21,25). The smallest absolute Gasteiger partial charge is 0.317 e. The Balaban J connectivity index is 1.42. The number of aromatic nitrogens is 2. The molecule has 0 aliphatic heterocycles. The maximum Gasteiger partial charge on any atom is 0.317 e. The maximum atomic E-state index is 12.1. The Morgan fingerprint density at radius 3 is 2.46 bits per heavy atom. The lowest BCUT2D eigenvalue weighted by atomic mass is 10.1. The Kier molecular flexibility index (Phi) is 5.98. The lowest BCUT2D eigenvalue weighted by Crippen LogP contribution is -2.39. The van der Waals surface area contributed by atoms with Gasteiger partial charge in [-0.2, -0.15) is 4.98 Å². The molecule has 1 aromatic heterocycles. The van der Waals surface area contributed by atoms with E-state index in [0.29, 0.717) is 31.2 Å². The van der Waals surface area contributed by atoms with E-state index >= 15 is 0 Å². The highest BCUT2D eigenvalue weighted by molar-refractivity contribution is 5.73. The molecule has 6 heteroatoms. The van der Waals surface area contributed by atoms with E-state index in [9.17, 15) is 4.79 Å². The minimum atomic E-state index is -0.104. The molecule has 0 aliphatic rings. The molecule has 0 atom stereocenters. The first kappa shape index (κ1) is 17.7. The highest BCUT2D eigenvalue weighted by atomic mass is 16.5.